The van der Waals surface area contributed by atoms with Gasteiger partial charge in [0.05, 0.1) is 12.1 Å². The molecule has 0 spiro atoms. The first-order chi connectivity index (χ1) is 9.98. The molecule has 1 aliphatic rings. The zero-order chi connectivity index (χ0) is 15.0. The number of benzene rings is 1. The summed E-state index contributed by atoms with van der Waals surface area (Å²) < 4.78 is 5.32. The van der Waals surface area contributed by atoms with Crippen LogP contribution in [-0.4, -0.2) is 38.8 Å². The summed E-state index contributed by atoms with van der Waals surface area (Å²) in [7, 11) is 0. The molecule has 1 fully saturated rings. The average Bonchev–Trinajstić information content (AvgIpc) is 2.85. The van der Waals surface area contributed by atoms with Gasteiger partial charge >= 0.3 is 0 Å². The number of nitrogens with zero attached hydrogens (tertiary/aromatic N) is 3. The summed E-state index contributed by atoms with van der Waals surface area (Å²) in [4.78, 5) is 6.57. The van der Waals surface area contributed by atoms with Crippen LogP contribution in [0.4, 0.5) is 0 Å². The van der Waals surface area contributed by atoms with Crippen molar-refractivity contribution in [1.29, 1.82) is 0 Å². The molecule has 0 atom stereocenters. The fraction of sp³-hybridized carbons (Fsp3) is 0.500. The van der Waals surface area contributed by atoms with Crippen LogP contribution in [0.15, 0.2) is 28.8 Å². The van der Waals surface area contributed by atoms with Crippen molar-refractivity contribution in [2.45, 2.75) is 32.9 Å². The number of aromatic nitrogens is 2. The molecule has 0 unspecified atom stereocenters. The summed E-state index contributed by atoms with van der Waals surface area (Å²) in [6, 6.07) is 7.98. The highest BCUT2D eigenvalue weighted by atomic mass is 16.5. The van der Waals surface area contributed by atoms with Crippen molar-refractivity contribution in [2.75, 3.05) is 13.1 Å². The summed E-state index contributed by atoms with van der Waals surface area (Å²) in [5, 5.41) is 14.3. The van der Waals surface area contributed by atoms with Gasteiger partial charge in [-0.05, 0) is 18.4 Å². The van der Waals surface area contributed by atoms with Crippen LogP contribution in [0, 0.1) is 12.8 Å². The van der Waals surface area contributed by atoms with E-state index in [2.05, 4.69) is 15.0 Å². The smallest absolute Gasteiger partial charge is 0.241 e. The average molecular weight is 287 g/mol. The van der Waals surface area contributed by atoms with Crippen LogP contribution in [0.2, 0.25) is 0 Å². The normalized spacial score (nSPS) is 18.0. The number of likely N-dealkylation sites (tertiary alicyclic amines) is 1. The minimum absolute atomic E-state index is 0.263. The van der Waals surface area contributed by atoms with E-state index in [1.165, 1.54) is 0 Å². The lowest BCUT2D eigenvalue weighted by Crippen LogP contribution is -2.63. The first-order valence-electron chi connectivity index (χ1n) is 7.31. The maximum absolute atomic E-state index is 10.2. The first kappa shape index (κ1) is 14.2. The van der Waals surface area contributed by atoms with E-state index >= 15 is 0 Å². The lowest BCUT2D eigenvalue weighted by Gasteiger charge is -2.48. The SMILES string of the molecule is Cc1ccccc1-c1noc(CN2CC(O)(C(C)C)C2)n1. The number of hydrogen-bond acceptors (Lipinski definition) is 5. The predicted molar refractivity (Wildman–Crippen MR) is 79.5 cm³/mol. The van der Waals surface area contributed by atoms with Gasteiger partial charge in [0, 0.05) is 18.7 Å². The molecule has 5 heteroatoms. The van der Waals surface area contributed by atoms with Crippen LogP contribution in [0.25, 0.3) is 11.4 Å². The molecule has 2 heterocycles. The monoisotopic (exact) mass is 287 g/mol. The number of hydrogen-bond donors (Lipinski definition) is 1. The van der Waals surface area contributed by atoms with Gasteiger partial charge in [-0.1, -0.05) is 43.3 Å². The maximum Gasteiger partial charge on any atom is 0.241 e. The zero-order valence-electron chi connectivity index (χ0n) is 12.7. The Hall–Kier alpha value is -1.72. The molecule has 1 saturated heterocycles. The molecule has 0 bridgehead atoms. The van der Waals surface area contributed by atoms with Crippen molar-refractivity contribution in [3.05, 3.63) is 35.7 Å². The Kier molecular flexibility index (Phi) is 3.55. The fourth-order valence-electron chi connectivity index (χ4n) is 2.65. The van der Waals surface area contributed by atoms with E-state index < -0.39 is 5.60 Å². The molecule has 1 aliphatic heterocycles. The number of rotatable bonds is 4. The Morgan fingerprint density at radius 2 is 2.05 bits per heavy atom. The Morgan fingerprint density at radius 1 is 1.33 bits per heavy atom. The van der Waals surface area contributed by atoms with Crippen molar-refractivity contribution >= 4 is 0 Å². The van der Waals surface area contributed by atoms with Gasteiger partial charge in [0.2, 0.25) is 11.7 Å². The summed E-state index contributed by atoms with van der Waals surface area (Å²) >= 11 is 0. The molecule has 0 amide bonds. The lowest BCUT2D eigenvalue weighted by atomic mass is 9.83. The summed E-state index contributed by atoms with van der Waals surface area (Å²) in [5.41, 5.74) is 1.55. The standard InChI is InChI=1S/C16H21N3O2/c1-11(2)16(20)9-19(10-16)8-14-17-15(18-21-14)13-7-5-4-6-12(13)3/h4-7,11,20H,8-10H2,1-3H3. The quantitative estimate of drug-likeness (QED) is 0.934. The van der Waals surface area contributed by atoms with Crippen LogP contribution < -0.4 is 0 Å². The Morgan fingerprint density at radius 3 is 2.71 bits per heavy atom. The van der Waals surface area contributed by atoms with Gasteiger partial charge in [-0.3, -0.25) is 4.90 Å². The van der Waals surface area contributed by atoms with Gasteiger partial charge in [0.1, 0.15) is 0 Å². The molecule has 5 nitrogen and oxygen atoms in total. The van der Waals surface area contributed by atoms with Crippen LogP contribution in [0.5, 0.6) is 0 Å². The van der Waals surface area contributed by atoms with E-state index in [-0.39, 0.29) is 5.92 Å². The van der Waals surface area contributed by atoms with Crippen LogP contribution in [0.3, 0.4) is 0 Å². The Balaban J connectivity index is 1.66. The number of β-amino-alcohol motifs (C(OH)–C–C–N with tert-alkyl or cyclic N) is 1. The second-order valence-corrected chi connectivity index (χ2v) is 6.23. The van der Waals surface area contributed by atoms with Gasteiger partial charge in [-0.2, -0.15) is 4.98 Å². The van der Waals surface area contributed by atoms with E-state index in [1.54, 1.807) is 0 Å². The van der Waals surface area contributed by atoms with Crippen molar-refractivity contribution in [1.82, 2.24) is 15.0 Å². The van der Waals surface area contributed by atoms with E-state index in [1.807, 2.05) is 45.0 Å². The van der Waals surface area contributed by atoms with Gasteiger partial charge in [0.25, 0.3) is 0 Å². The third kappa shape index (κ3) is 2.71. The molecular weight excluding hydrogens is 266 g/mol. The van der Waals surface area contributed by atoms with Gasteiger partial charge in [-0.15, -0.1) is 0 Å². The summed E-state index contributed by atoms with van der Waals surface area (Å²) in [6.07, 6.45) is 0. The van der Waals surface area contributed by atoms with Crippen LogP contribution in [-0.2, 0) is 6.54 Å². The molecule has 1 aromatic heterocycles. The van der Waals surface area contributed by atoms with Gasteiger partial charge < -0.3 is 9.63 Å². The van der Waals surface area contributed by atoms with Gasteiger partial charge in [0.15, 0.2) is 0 Å². The van der Waals surface area contributed by atoms with Crippen molar-refractivity contribution in [2.24, 2.45) is 5.92 Å². The van der Waals surface area contributed by atoms with Crippen molar-refractivity contribution in [3.8, 4) is 11.4 Å². The number of aliphatic hydroxyl groups is 1. The lowest BCUT2D eigenvalue weighted by molar-refractivity contribution is -0.133. The molecule has 0 radical (unpaired) electrons. The number of aryl methyl sites for hydroxylation is 1. The minimum Gasteiger partial charge on any atom is -0.387 e. The van der Waals surface area contributed by atoms with E-state index in [0.29, 0.717) is 31.3 Å². The maximum atomic E-state index is 10.2. The second kappa shape index (κ2) is 5.24. The minimum atomic E-state index is -0.571. The first-order valence-corrected chi connectivity index (χ1v) is 7.31. The van der Waals surface area contributed by atoms with E-state index in [9.17, 15) is 5.11 Å². The van der Waals surface area contributed by atoms with Crippen molar-refractivity contribution in [3.63, 3.8) is 0 Å². The second-order valence-electron chi connectivity index (χ2n) is 6.23. The van der Waals surface area contributed by atoms with Crippen LogP contribution >= 0.6 is 0 Å². The molecule has 3 rings (SSSR count). The van der Waals surface area contributed by atoms with E-state index in [0.717, 1.165) is 11.1 Å². The zero-order valence-corrected chi connectivity index (χ0v) is 12.7. The fourth-order valence-corrected chi connectivity index (χ4v) is 2.65. The molecule has 0 saturated carbocycles. The third-order valence-corrected chi connectivity index (χ3v) is 4.28. The highest BCUT2D eigenvalue weighted by molar-refractivity contribution is 5.58. The molecular formula is C16H21N3O2. The topological polar surface area (TPSA) is 62.4 Å². The molecule has 0 aliphatic carbocycles. The largest absolute Gasteiger partial charge is 0.387 e. The molecule has 112 valence electrons. The molecule has 2 aromatic rings. The summed E-state index contributed by atoms with van der Waals surface area (Å²) in [5.74, 6) is 1.49. The van der Waals surface area contributed by atoms with E-state index in [4.69, 9.17) is 4.52 Å². The van der Waals surface area contributed by atoms with Crippen molar-refractivity contribution < 1.29 is 9.63 Å². The highest BCUT2D eigenvalue weighted by Crippen LogP contribution is 2.29. The Bertz CT molecular complexity index is 630. The van der Waals surface area contributed by atoms with Crippen LogP contribution in [0.1, 0.15) is 25.3 Å². The third-order valence-electron chi connectivity index (χ3n) is 4.28. The Labute approximate surface area is 124 Å². The highest BCUT2D eigenvalue weighted by Gasteiger charge is 2.43. The molecule has 1 aromatic carbocycles. The molecule has 21 heavy (non-hydrogen) atoms. The van der Waals surface area contributed by atoms with Gasteiger partial charge in [-0.25, -0.2) is 0 Å². The molecule has 1 N–H and O–H groups in total. The summed E-state index contributed by atoms with van der Waals surface area (Å²) in [6.45, 7) is 8.03. The predicted octanol–water partition coefficient (Wildman–Crippen LogP) is 2.25.